The van der Waals surface area contributed by atoms with Gasteiger partial charge in [0.15, 0.2) is 23.1 Å². The van der Waals surface area contributed by atoms with Crippen molar-refractivity contribution in [3.8, 4) is 0 Å². The van der Waals surface area contributed by atoms with Crippen molar-refractivity contribution >= 4 is 28.7 Å². The zero-order valence-electron chi connectivity index (χ0n) is 12.8. The van der Waals surface area contributed by atoms with Crippen LogP contribution < -0.4 is 9.88 Å². The Labute approximate surface area is 140 Å². The molecule has 0 saturated heterocycles. The lowest BCUT2D eigenvalue weighted by molar-refractivity contribution is -0.576. The number of thiocarbonyl (C=S) groups is 1. The van der Waals surface area contributed by atoms with E-state index in [4.69, 9.17) is 12.2 Å². The molecule has 118 valence electrons. The Morgan fingerprint density at radius 1 is 1.35 bits per heavy atom. The van der Waals surface area contributed by atoms with Gasteiger partial charge in [-0.25, -0.2) is 4.39 Å². The smallest absolute Gasteiger partial charge is 0.288 e. The highest BCUT2D eigenvalue weighted by Crippen LogP contribution is 2.17. The molecule has 1 aromatic carbocycles. The molecule has 0 atom stereocenters. The first kappa shape index (κ1) is 16.8. The summed E-state index contributed by atoms with van der Waals surface area (Å²) in [6, 6.07) is 9.43. The topological polar surface area (TPSA) is 36.1 Å². The van der Waals surface area contributed by atoms with Crippen molar-refractivity contribution in [3.05, 3.63) is 78.4 Å². The second kappa shape index (κ2) is 7.65. The number of aryl methyl sites for hydroxylation is 1. The van der Waals surface area contributed by atoms with Crippen LogP contribution in [0.3, 0.4) is 0 Å². The highest BCUT2D eigenvalue weighted by Gasteiger charge is 2.23. The number of aliphatic hydroxyl groups excluding tert-OH is 1. The Bertz CT molecular complexity index is 754. The van der Waals surface area contributed by atoms with Gasteiger partial charge in [0.25, 0.3) is 5.70 Å². The zero-order chi connectivity index (χ0) is 16.8. The highest BCUT2D eigenvalue weighted by atomic mass is 32.1. The molecule has 0 spiro atoms. The Hall–Kier alpha value is -2.53. The third kappa shape index (κ3) is 4.23. The number of pyridine rings is 1. The van der Waals surface area contributed by atoms with Crippen LogP contribution in [0.5, 0.6) is 0 Å². The van der Waals surface area contributed by atoms with E-state index in [9.17, 15) is 9.50 Å². The van der Waals surface area contributed by atoms with Gasteiger partial charge in [-0.3, -0.25) is 0 Å². The molecule has 0 amide bonds. The van der Waals surface area contributed by atoms with Crippen LogP contribution in [0.4, 0.5) is 4.39 Å². The summed E-state index contributed by atoms with van der Waals surface area (Å²) in [5.41, 5.74) is 1.93. The van der Waals surface area contributed by atoms with E-state index in [-0.39, 0.29) is 11.6 Å². The molecule has 2 rings (SSSR count). The van der Waals surface area contributed by atoms with Gasteiger partial charge in [-0.15, -0.1) is 6.58 Å². The van der Waals surface area contributed by atoms with Crippen molar-refractivity contribution in [1.29, 1.82) is 0 Å². The summed E-state index contributed by atoms with van der Waals surface area (Å²) >= 11 is 5.40. The first-order valence-corrected chi connectivity index (χ1v) is 7.50. The van der Waals surface area contributed by atoms with Crippen molar-refractivity contribution in [3.63, 3.8) is 0 Å². The number of aromatic nitrogens is 1. The Balaban J connectivity index is 2.55. The van der Waals surface area contributed by atoms with Crippen LogP contribution >= 0.6 is 12.2 Å². The molecule has 2 N–H and O–H groups in total. The first-order valence-electron chi connectivity index (χ1n) is 7.09. The van der Waals surface area contributed by atoms with Gasteiger partial charge < -0.3 is 10.4 Å². The lowest BCUT2D eigenvalue weighted by Gasteiger charge is -2.09. The number of aliphatic hydroxyl groups is 1. The molecule has 0 aliphatic heterocycles. The van der Waals surface area contributed by atoms with E-state index < -0.39 is 0 Å². The number of rotatable bonds is 5. The molecular weight excluding hydrogens is 311 g/mol. The van der Waals surface area contributed by atoms with Crippen molar-refractivity contribution in [2.75, 3.05) is 6.54 Å². The average Bonchev–Trinajstić information content (AvgIpc) is 2.53. The van der Waals surface area contributed by atoms with Crippen LogP contribution in [0.25, 0.3) is 11.5 Å². The van der Waals surface area contributed by atoms with Crippen molar-refractivity contribution in [2.45, 2.75) is 6.92 Å². The molecule has 0 radical (unpaired) electrons. The molecule has 1 aromatic heterocycles. The fourth-order valence-electron chi connectivity index (χ4n) is 2.07. The van der Waals surface area contributed by atoms with Gasteiger partial charge in [0, 0.05) is 23.7 Å². The van der Waals surface area contributed by atoms with Gasteiger partial charge in [-0.1, -0.05) is 18.3 Å². The fraction of sp³-hybridized carbons (Fsp3) is 0.111. The van der Waals surface area contributed by atoms with E-state index in [1.54, 1.807) is 16.8 Å². The van der Waals surface area contributed by atoms with Crippen LogP contribution in [-0.4, -0.2) is 16.6 Å². The van der Waals surface area contributed by atoms with Crippen LogP contribution in [0, 0.1) is 12.7 Å². The Kier molecular flexibility index (Phi) is 5.60. The molecule has 5 heteroatoms. The maximum atomic E-state index is 13.1. The summed E-state index contributed by atoms with van der Waals surface area (Å²) in [5.74, 6) is -0.388. The quantitative estimate of drug-likeness (QED) is 0.290. The standard InChI is InChI=1S/C18H17FN2OS/c1-3-10-20-18(23)16(21-11-4-5-13(2)12-21)17(22)14-6-8-15(19)9-7-14/h3-9,11-12H,1,10H2,2H3,(H-,20,22,23)/p+1. The third-order valence-corrected chi connectivity index (χ3v) is 3.51. The lowest BCUT2D eigenvalue weighted by atomic mass is 10.1. The van der Waals surface area contributed by atoms with Crippen molar-refractivity contribution < 1.29 is 14.1 Å². The molecule has 0 unspecified atom stereocenters. The number of hydrogen-bond donors (Lipinski definition) is 2. The van der Waals surface area contributed by atoms with Gasteiger partial charge >= 0.3 is 0 Å². The maximum absolute atomic E-state index is 13.1. The van der Waals surface area contributed by atoms with Crippen LogP contribution in [0.1, 0.15) is 11.1 Å². The van der Waals surface area contributed by atoms with E-state index >= 15 is 0 Å². The predicted molar refractivity (Wildman–Crippen MR) is 94.3 cm³/mol. The lowest BCUT2D eigenvalue weighted by Crippen LogP contribution is -2.41. The normalized spacial score (nSPS) is 11.6. The summed E-state index contributed by atoms with van der Waals surface area (Å²) < 4.78 is 14.8. The summed E-state index contributed by atoms with van der Waals surface area (Å²) in [5, 5.41) is 13.7. The molecule has 23 heavy (non-hydrogen) atoms. The minimum atomic E-state index is -0.362. The highest BCUT2D eigenvalue weighted by molar-refractivity contribution is 7.81. The molecular formula is C18H18FN2OS+. The number of nitrogens with zero attached hydrogens (tertiary/aromatic N) is 1. The second-order valence-corrected chi connectivity index (χ2v) is 5.40. The van der Waals surface area contributed by atoms with Crippen LogP contribution in [0.15, 0.2) is 61.4 Å². The van der Waals surface area contributed by atoms with E-state index in [1.807, 2.05) is 25.3 Å². The summed E-state index contributed by atoms with van der Waals surface area (Å²) in [7, 11) is 0. The maximum Gasteiger partial charge on any atom is 0.288 e. The molecule has 0 aliphatic rings. The summed E-state index contributed by atoms with van der Waals surface area (Å²) in [6.07, 6.45) is 5.33. The molecule has 0 bridgehead atoms. The second-order valence-electron chi connectivity index (χ2n) is 4.99. The van der Waals surface area contributed by atoms with E-state index in [0.717, 1.165) is 5.56 Å². The third-order valence-electron chi connectivity index (χ3n) is 3.17. The molecule has 0 aliphatic carbocycles. The van der Waals surface area contributed by atoms with Gasteiger partial charge in [-0.05, 0) is 37.3 Å². The van der Waals surface area contributed by atoms with Crippen LogP contribution in [0.2, 0.25) is 0 Å². The molecule has 3 nitrogen and oxygen atoms in total. The minimum absolute atomic E-state index is 0.0258. The largest absolute Gasteiger partial charge is 0.502 e. The molecule has 2 aromatic rings. The number of hydrogen-bond acceptors (Lipinski definition) is 2. The number of nitrogens with one attached hydrogen (secondary N) is 1. The summed E-state index contributed by atoms with van der Waals surface area (Å²) in [6.45, 7) is 6.07. The first-order chi connectivity index (χ1) is 11.0. The van der Waals surface area contributed by atoms with E-state index in [0.29, 0.717) is 22.8 Å². The molecule has 0 saturated carbocycles. The number of halogens is 1. The van der Waals surface area contributed by atoms with Gasteiger partial charge in [0.05, 0.1) is 0 Å². The van der Waals surface area contributed by atoms with Gasteiger partial charge in [0.1, 0.15) is 5.82 Å². The van der Waals surface area contributed by atoms with Gasteiger partial charge in [0.2, 0.25) is 0 Å². The Morgan fingerprint density at radius 2 is 2.04 bits per heavy atom. The fourth-order valence-corrected chi connectivity index (χ4v) is 2.36. The van der Waals surface area contributed by atoms with Gasteiger partial charge in [-0.2, -0.15) is 4.57 Å². The van der Waals surface area contributed by atoms with Crippen molar-refractivity contribution in [1.82, 2.24) is 5.32 Å². The minimum Gasteiger partial charge on any atom is -0.502 e. The van der Waals surface area contributed by atoms with E-state index in [1.165, 1.54) is 24.3 Å². The summed E-state index contributed by atoms with van der Waals surface area (Å²) in [4.78, 5) is 0.377. The average molecular weight is 329 g/mol. The monoisotopic (exact) mass is 329 g/mol. The molecule has 1 heterocycles. The molecule has 0 fully saturated rings. The predicted octanol–water partition coefficient (Wildman–Crippen LogP) is 3.41. The van der Waals surface area contributed by atoms with Crippen LogP contribution in [-0.2, 0) is 0 Å². The number of benzene rings is 1. The Morgan fingerprint density at radius 3 is 2.65 bits per heavy atom. The zero-order valence-corrected chi connectivity index (χ0v) is 13.6. The van der Waals surface area contributed by atoms with E-state index in [2.05, 4.69) is 11.9 Å². The van der Waals surface area contributed by atoms with Crippen molar-refractivity contribution in [2.24, 2.45) is 0 Å². The SMILES string of the molecule is C=CCNC(=S)/C(=C(\O)c1ccc(F)cc1)[n+]1cccc(C)c1.